The molecule has 1 aliphatic heterocycles. The number of carbonyl (C=O) groups is 2. The van der Waals surface area contributed by atoms with Crippen molar-refractivity contribution in [2.24, 2.45) is 5.92 Å². The molecule has 10 nitrogen and oxygen atoms in total. The van der Waals surface area contributed by atoms with Gasteiger partial charge in [0.2, 0.25) is 12.3 Å². The lowest BCUT2D eigenvalue weighted by atomic mass is 9.92. The Hall–Kier alpha value is -4.44. The molecule has 57 heavy (non-hydrogen) atoms. The van der Waals surface area contributed by atoms with E-state index in [4.69, 9.17) is 4.42 Å². The van der Waals surface area contributed by atoms with Crippen molar-refractivity contribution in [3.63, 3.8) is 0 Å². The number of alkyl halides is 5. The molecule has 15 heteroatoms. The van der Waals surface area contributed by atoms with Crippen molar-refractivity contribution in [1.82, 2.24) is 25.4 Å². The van der Waals surface area contributed by atoms with Gasteiger partial charge in [-0.25, -0.2) is 0 Å². The molecule has 0 bridgehead atoms. The summed E-state index contributed by atoms with van der Waals surface area (Å²) in [5.74, 6) is -4.62. The van der Waals surface area contributed by atoms with E-state index < -0.39 is 36.4 Å². The molecule has 1 fully saturated rings. The smallest absolute Gasteiger partial charge is 0.455 e. The molecule has 1 aliphatic carbocycles. The zero-order valence-electron chi connectivity index (χ0n) is 32.9. The Kier molecular flexibility index (Phi) is 15.7. The number of furan rings is 1. The highest BCUT2D eigenvalue weighted by Crippen LogP contribution is 2.35. The first kappa shape index (κ1) is 45.3. The summed E-state index contributed by atoms with van der Waals surface area (Å²) in [4.78, 5) is 31.2. The van der Waals surface area contributed by atoms with Gasteiger partial charge in [-0.1, -0.05) is 54.6 Å². The van der Waals surface area contributed by atoms with Gasteiger partial charge in [0.15, 0.2) is 0 Å². The van der Waals surface area contributed by atoms with Crippen LogP contribution >= 0.6 is 0 Å². The van der Waals surface area contributed by atoms with Crippen LogP contribution in [0.3, 0.4) is 0 Å². The largest absolute Gasteiger partial charge is 0.459 e. The molecule has 2 atom stereocenters. The number of nitrogens with zero attached hydrogens (tertiary/aromatic N) is 3. The van der Waals surface area contributed by atoms with E-state index >= 15 is 0 Å². The van der Waals surface area contributed by atoms with Gasteiger partial charge in [0, 0.05) is 56.4 Å². The highest BCUT2D eigenvalue weighted by molar-refractivity contribution is 5.79. The summed E-state index contributed by atoms with van der Waals surface area (Å²) in [6.45, 7) is 9.57. The number of fused-ring (bicyclic) bond motifs is 2. The van der Waals surface area contributed by atoms with Crippen LogP contribution in [-0.2, 0) is 34.4 Å². The van der Waals surface area contributed by atoms with Crippen LogP contribution in [0.15, 0.2) is 83.5 Å². The van der Waals surface area contributed by atoms with E-state index in [1.54, 1.807) is 31.2 Å². The van der Waals surface area contributed by atoms with E-state index in [1.807, 2.05) is 42.6 Å². The van der Waals surface area contributed by atoms with Crippen LogP contribution in [-0.4, -0.2) is 101 Å². The Morgan fingerprint density at radius 1 is 0.930 bits per heavy atom. The average molecular weight is 804 g/mol. The van der Waals surface area contributed by atoms with Crippen LogP contribution in [0, 0.1) is 5.92 Å². The number of amides is 2. The monoisotopic (exact) mass is 803 g/mol. The van der Waals surface area contributed by atoms with Crippen molar-refractivity contribution >= 4 is 23.3 Å². The molecule has 4 aromatic rings. The highest BCUT2D eigenvalue weighted by atomic mass is 19.4. The Morgan fingerprint density at radius 2 is 1.54 bits per heavy atom. The Morgan fingerprint density at radius 3 is 2.11 bits per heavy atom. The summed E-state index contributed by atoms with van der Waals surface area (Å²) in [6.07, 6.45) is 1.89. The van der Waals surface area contributed by atoms with E-state index in [0.29, 0.717) is 19.4 Å². The summed E-state index contributed by atoms with van der Waals surface area (Å²) in [5, 5.41) is 26.0. The maximum atomic E-state index is 12.9. The van der Waals surface area contributed by atoms with Crippen LogP contribution in [0.1, 0.15) is 63.0 Å². The number of aromatic nitrogens is 1. The topological polar surface area (TPSA) is 131 Å². The average Bonchev–Trinajstić information content (AvgIpc) is 3.82. The van der Waals surface area contributed by atoms with E-state index in [9.17, 15) is 41.8 Å². The number of nitrogens with one attached hydrogen (secondary N) is 2. The molecular formula is C42H54F5N5O5. The molecule has 4 N–H and O–H groups in total. The number of carbonyl (C=O) groups excluding carboxylic acids is 2. The fraction of sp³-hybridized carbons (Fsp3) is 0.500. The van der Waals surface area contributed by atoms with Crippen LogP contribution < -0.4 is 10.6 Å². The lowest BCUT2D eigenvalue weighted by molar-refractivity contribution is -0.278. The molecule has 2 aromatic carbocycles. The van der Waals surface area contributed by atoms with Crippen LogP contribution in [0.4, 0.5) is 22.0 Å². The summed E-state index contributed by atoms with van der Waals surface area (Å²) in [7, 11) is 0. The minimum Gasteiger partial charge on any atom is -0.459 e. The van der Waals surface area contributed by atoms with Crippen molar-refractivity contribution in [3.05, 3.63) is 102 Å². The van der Waals surface area contributed by atoms with Gasteiger partial charge >= 0.3 is 12.1 Å². The number of aryl methyl sites for hydroxylation is 2. The zero-order valence-corrected chi connectivity index (χ0v) is 32.9. The molecular weight excluding hydrogens is 749 g/mol. The minimum atomic E-state index is -5.61. The van der Waals surface area contributed by atoms with Crippen molar-refractivity contribution in [2.45, 2.75) is 89.3 Å². The Labute approximate surface area is 330 Å². The van der Waals surface area contributed by atoms with E-state index in [1.165, 1.54) is 24.6 Å². The number of β-amino-alcohol motifs (C(OH)–C–C–N with tert-alkyl or cyclic N) is 1. The first-order chi connectivity index (χ1) is 26.8. The number of aliphatic hydroxyl groups excluding tert-OH is 1. The lowest BCUT2D eigenvalue weighted by Crippen LogP contribution is -2.54. The number of halogens is 5. The van der Waals surface area contributed by atoms with Crippen LogP contribution in [0.2, 0.25) is 0 Å². The Bertz CT molecular complexity index is 1800. The van der Waals surface area contributed by atoms with Gasteiger partial charge < -0.3 is 25.3 Å². The molecule has 2 aliphatic rings. The highest BCUT2D eigenvalue weighted by Gasteiger charge is 2.57. The van der Waals surface area contributed by atoms with Gasteiger partial charge in [-0.3, -0.25) is 24.4 Å². The third kappa shape index (κ3) is 13.6. The molecule has 1 saturated heterocycles. The second kappa shape index (κ2) is 19.8. The molecule has 0 spiro atoms. The van der Waals surface area contributed by atoms with Crippen molar-refractivity contribution in [3.8, 4) is 0 Å². The van der Waals surface area contributed by atoms with Gasteiger partial charge in [-0.2, -0.15) is 22.0 Å². The summed E-state index contributed by atoms with van der Waals surface area (Å²) < 4.78 is 63.4. The molecule has 6 rings (SSSR count). The molecule has 2 amide bonds. The quantitative estimate of drug-likeness (QED) is 0.0711. The van der Waals surface area contributed by atoms with Gasteiger partial charge in [-0.15, -0.1) is 0 Å². The lowest BCUT2D eigenvalue weighted by Gasteiger charge is -2.43. The normalized spacial score (nSPS) is 16.3. The zero-order chi connectivity index (χ0) is 41.9. The second-order valence-electron chi connectivity index (χ2n) is 15.5. The SMILES string of the molecule is CC(C)(O)NC(=O)[C@H](Cc1ccccc1)CC(O)CN1CCN(C(C)(C)c2cc3cnccc3o2)CC1.O=CNCC(F)(F)C(F)(F)F.c1ccc2c(c1)CCC2. The van der Waals surface area contributed by atoms with Gasteiger partial charge in [0.25, 0.3) is 0 Å². The van der Waals surface area contributed by atoms with Crippen LogP contribution in [0.25, 0.3) is 11.0 Å². The molecule has 2 aromatic heterocycles. The molecule has 312 valence electrons. The predicted molar refractivity (Wildman–Crippen MR) is 207 cm³/mol. The number of aliphatic hydroxyl groups is 2. The number of hydrogen-bond donors (Lipinski definition) is 4. The first-order valence-electron chi connectivity index (χ1n) is 19.1. The minimum absolute atomic E-state index is 0.223. The molecule has 0 radical (unpaired) electrons. The fourth-order valence-corrected chi connectivity index (χ4v) is 6.90. The molecule has 3 heterocycles. The fourth-order valence-electron chi connectivity index (χ4n) is 6.90. The number of pyridine rings is 1. The van der Waals surface area contributed by atoms with Crippen LogP contribution in [0.5, 0.6) is 0 Å². The molecule has 1 unspecified atom stereocenters. The number of rotatable bonds is 13. The van der Waals surface area contributed by atoms with Crippen molar-refractivity contribution < 1.29 is 46.2 Å². The predicted octanol–water partition coefficient (Wildman–Crippen LogP) is 6.24. The van der Waals surface area contributed by atoms with Gasteiger partial charge in [-0.05, 0) is 88.6 Å². The number of benzene rings is 2. The van der Waals surface area contributed by atoms with Gasteiger partial charge in [0.1, 0.15) is 17.1 Å². The second-order valence-corrected chi connectivity index (χ2v) is 15.5. The summed E-state index contributed by atoms with van der Waals surface area (Å²) in [6, 6.07) is 22.5. The van der Waals surface area contributed by atoms with E-state index in [2.05, 4.69) is 64.3 Å². The Balaban J connectivity index is 0.000000291. The maximum Gasteiger partial charge on any atom is 0.455 e. The first-order valence-corrected chi connectivity index (χ1v) is 19.1. The number of hydrogen-bond acceptors (Lipinski definition) is 8. The third-order valence-electron chi connectivity index (χ3n) is 10.1. The van der Waals surface area contributed by atoms with Gasteiger partial charge in [0.05, 0.1) is 18.2 Å². The van der Waals surface area contributed by atoms with E-state index in [0.717, 1.165) is 48.5 Å². The van der Waals surface area contributed by atoms with Crippen molar-refractivity contribution in [2.75, 3.05) is 39.3 Å². The van der Waals surface area contributed by atoms with E-state index in [-0.39, 0.29) is 17.9 Å². The molecule has 0 saturated carbocycles. The third-order valence-corrected chi connectivity index (χ3v) is 10.1. The summed E-state index contributed by atoms with van der Waals surface area (Å²) in [5.41, 5.74) is 3.44. The van der Waals surface area contributed by atoms with Crippen molar-refractivity contribution in [1.29, 1.82) is 0 Å². The maximum absolute atomic E-state index is 12.9. The standard InChI is InChI=1S/C29H40N4O4.C9H10.C4H4F5NO/c1-28(2,26-18-23-19-30-11-10-25(23)37-26)33-14-12-32(13-15-33)20-24(34)17-22(27(35)31-29(3,4)36)16-21-8-6-5-7-9-21;1-2-5-9-7-3-6-8(9)4-1;5-3(6,1-10-2-11)4(7,8)9/h5-11,18-19,22,24,34,36H,12-17,20H2,1-4H3,(H,31,35);1-2,4-5H,3,6-7H2;2H,1H2,(H,10,11)/t22-,24?;;/m1../s1. The number of piperazine rings is 1. The summed E-state index contributed by atoms with van der Waals surface area (Å²) >= 11 is 0.